The van der Waals surface area contributed by atoms with Gasteiger partial charge in [0.15, 0.2) is 0 Å². The van der Waals surface area contributed by atoms with Crippen LogP contribution in [0.1, 0.15) is 30.6 Å². The molecule has 1 saturated heterocycles. The lowest BCUT2D eigenvalue weighted by Gasteiger charge is -2.35. The van der Waals surface area contributed by atoms with Gasteiger partial charge in [-0.15, -0.1) is 0 Å². The minimum Gasteiger partial charge on any atom is -0.497 e. The Balaban J connectivity index is 2.20. The molecule has 2 atom stereocenters. The predicted molar refractivity (Wildman–Crippen MR) is 79.5 cm³/mol. The average molecular weight is 326 g/mol. The summed E-state index contributed by atoms with van der Waals surface area (Å²) in [7, 11) is 1.61. The number of ether oxygens (including phenoxy) is 1. The van der Waals surface area contributed by atoms with Crippen molar-refractivity contribution in [1.29, 1.82) is 0 Å². The number of carbonyl (C=O) groups excluding carboxylic acids is 1. The van der Waals surface area contributed by atoms with Gasteiger partial charge in [-0.2, -0.15) is 0 Å². The molecule has 104 valence electrons. The van der Waals surface area contributed by atoms with E-state index in [-0.39, 0.29) is 5.91 Å². The van der Waals surface area contributed by atoms with Crippen LogP contribution < -0.4 is 4.74 Å². The Bertz CT molecular complexity index is 475. The first-order valence-corrected chi connectivity index (χ1v) is 7.45. The quantitative estimate of drug-likeness (QED) is 0.831. The third-order valence-corrected chi connectivity index (χ3v) is 4.72. The second-order valence-corrected chi connectivity index (χ2v) is 6.19. The number of methoxy groups -OCH3 is 1. The van der Waals surface area contributed by atoms with Crippen molar-refractivity contribution in [3.05, 3.63) is 28.2 Å². The van der Waals surface area contributed by atoms with E-state index >= 15 is 0 Å². The zero-order valence-electron chi connectivity index (χ0n) is 11.6. The second kappa shape index (κ2) is 5.95. The lowest BCUT2D eigenvalue weighted by molar-refractivity contribution is 0.0626. The first-order chi connectivity index (χ1) is 9.02. The van der Waals surface area contributed by atoms with Crippen LogP contribution >= 0.6 is 15.9 Å². The predicted octanol–water partition coefficient (Wildman–Crippen LogP) is 3.58. The summed E-state index contributed by atoms with van der Waals surface area (Å²) in [5, 5.41) is 0. The van der Waals surface area contributed by atoms with Gasteiger partial charge in [-0.3, -0.25) is 4.79 Å². The third-order valence-electron chi connectivity index (χ3n) is 4.03. The molecule has 1 aromatic carbocycles. The molecule has 1 amide bonds. The van der Waals surface area contributed by atoms with E-state index < -0.39 is 0 Å². The topological polar surface area (TPSA) is 29.5 Å². The van der Waals surface area contributed by atoms with Crippen LogP contribution in [0, 0.1) is 11.8 Å². The van der Waals surface area contributed by atoms with Crippen molar-refractivity contribution in [2.75, 3.05) is 20.2 Å². The fourth-order valence-corrected chi connectivity index (χ4v) is 2.83. The number of benzene rings is 1. The minimum absolute atomic E-state index is 0.0875. The number of nitrogens with zero attached hydrogens (tertiary/aromatic N) is 1. The van der Waals surface area contributed by atoms with Gasteiger partial charge in [0.25, 0.3) is 5.91 Å². The Morgan fingerprint density at radius 1 is 1.37 bits per heavy atom. The van der Waals surface area contributed by atoms with Crippen molar-refractivity contribution < 1.29 is 9.53 Å². The Kier molecular flexibility index (Phi) is 4.50. The molecule has 0 aliphatic carbocycles. The molecule has 1 aliphatic heterocycles. The molecule has 1 heterocycles. The fraction of sp³-hybridized carbons (Fsp3) is 0.533. The van der Waals surface area contributed by atoms with E-state index in [1.807, 2.05) is 17.0 Å². The first kappa shape index (κ1) is 14.4. The zero-order valence-corrected chi connectivity index (χ0v) is 13.2. The third kappa shape index (κ3) is 3.11. The van der Waals surface area contributed by atoms with E-state index in [4.69, 9.17) is 4.74 Å². The largest absolute Gasteiger partial charge is 0.497 e. The molecule has 0 saturated carbocycles. The highest BCUT2D eigenvalue weighted by atomic mass is 79.9. The van der Waals surface area contributed by atoms with Gasteiger partial charge in [-0.05, 0) is 52.4 Å². The number of halogens is 1. The maximum Gasteiger partial charge on any atom is 0.255 e. The Labute approximate surface area is 123 Å². The van der Waals surface area contributed by atoms with Crippen molar-refractivity contribution in [2.45, 2.75) is 20.3 Å². The summed E-state index contributed by atoms with van der Waals surface area (Å²) in [6, 6.07) is 5.51. The van der Waals surface area contributed by atoms with Crippen LogP contribution in [0.15, 0.2) is 22.7 Å². The summed E-state index contributed by atoms with van der Waals surface area (Å²) in [6.45, 7) is 6.15. The van der Waals surface area contributed by atoms with Gasteiger partial charge in [0, 0.05) is 17.6 Å². The van der Waals surface area contributed by atoms with Gasteiger partial charge in [0.1, 0.15) is 5.75 Å². The molecular weight excluding hydrogens is 306 g/mol. The molecule has 1 fully saturated rings. The van der Waals surface area contributed by atoms with Crippen LogP contribution in [0.4, 0.5) is 0 Å². The summed E-state index contributed by atoms with van der Waals surface area (Å²) in [6.07, 6.45) is 1.08. The maximum absolute atomic E-state index is 12.6. The number of rotatable bonds is 2. The van der Waals surface area contributed by atoms with Crippen molar-refractivity contribution in [1.82, 2.24) is 4.90 Å². The fourth-order valence-electron chi connectivity index (χ4n) is 2.41. The van der Waals surface area contributed by atoms with E-state index in [2.05, 4.69) is 29.8 Å². The molecule has 0 bridgehead atoms. The minimum atomic E-state index is 0.0875. The number of amides is 1. The van der Waals surface area contributed by atoms with Crippen LogP contribution in [0.25, 0.3) is 0 Å². The molecule has 0 spiro atoms. The molecule has 2 rings (SSSR count). The summed E-state index contributed by atoms with van der Waals surface area (Å²) < 4.78 is 6.02. The molecule has 0 radical (unpaired) electrons. The summed E-state index contributed by atoms with van der Waals surface area (Å²) >= 11 is 3.45. The molecule has 1 aliphatic rings. The molecule has 3 nitrogen and oxygen atoms in total. The molecule has 0 aromatic heterocycles. The van der Waals surface area contributed by atoms with Gasteiger partial charge in [0.2, 0.25) is 0 Å². The van der Waals surface area contributed by atoms with E-state index in [0.717, 1.165) is 24.0 Å². The van der Waals surface area contributed by atoms with Crippen molar-refractivity contribution in [2.24, 2.45) is 11.8 Å². The monoisotopic (exact) mass is 325 g/mol. The standard InChI is InChI=1S/C15H20BrNO2/c1-10-6-7-17(9-11(10)2)15(18)13-8-12(19-3)4-5-14(13)16/h4-5,8,10-11H,6-7,9H2,1-3H3. The van der Waals surface area contributed by atoms with Crippen LogP contribution in [-0.4, -0.2) is 31.0 Å². The van der Waals surface area contributed by atoms with Crippen LogP contribution in [0.5, 0.6) is 5.75 Å². The van der Waals surface area contributed by atoms with Crippen molar-refractivity contribution in [3.63, 3.8) is 0 Å². The van der Waals surface area contributed by atoms with E-state index in [9.17, 15) is 4.79 Å². The van der Waals surface area contributed by atoms with Gasteiger partial charge in [0.05, 0.1) is 12.7 Å². The maximum atomic E-state index is 12.6. The SMILES string of the molecule is COc1ccc(Br)c(C(=O)N2CCC(C)C(C)C2)c1. The van der Waals surface area contributed by atoms with E-state index in [1.165, 1.54) is 0 Å². The van der Waals surface area contributed by atoms with Crippen molar-refractivity contribution in [3.8, 4) is 5.75 Å². The van der Waals surface area contributed by atoms with Gasteiger partial charge < -0.3 is 9.64 Å². The Hall–Kier alpha value is -1.03. The number of likely N-dealkylation sites (tertiary alicyclic amines) is 1. The Morgan fingerprint density at radius 2 is 2.11 bits per heavy atom. The molecule has 1 aromatic rings. The summed E-state index contributed by atoms with van der Waals surface area (Å²) in [4.78, 5) is 14.5. The smallest absolute Gasteiger partial charge is 0.255 e. The molecule has 2 unspecified atom stereocenters. The average Bonchev–Trinajstić information content (AvgIpc) is 2.41. The van der Waals surface area contributed by atoms with Crippen LogP contribution in [0.3, 0.4) is 0 Å². The number of piperidine rings is 1. The van der Waals surface area contributed by atoms with Crippen molar-refractivity contribution >= 4 is 21.8 Å². The van der Waals surface area contributed by atoms with Crippen LogP contribution in [-0.2, 0) is 0 Å². The van der Waals surface area contributed by atoms with Gasteiger partial charge in [-0.1, -0.05) is 13.8 Å². The highest BCUT2D eigenvalue weighted by molar-refractivity contribution is 9.10. The molecule has 0 N–H and O–H groups in total. The second-order valence-electron chi connectivity index (χ2n) is 5.34. The number of hydrogen-bond donors (Lipinski definition) is 0. The number of hydrogen-bond acceptors (Lipinski definition) is 2. The summed E-state index contributed by atoms with van der Waals surface area (Å²) in [5.74, 6) is 2.05. The van der Waals surface area contributed by atoms with Gasteiger partial charge >= 0.3 is 0 Å². The normalized spacial score (nSPS) is 23.3. The molecular formula is C15H20BrNO2. The van der Waals surface area contributed by atoms with Crippen LogP contribution in [0.2, 0.25) is 0 Å². The molecule has 4 heteroatoms. The molecule has 19 heavy (non-hydrogen) atoms. The van der Waals surface area contributed by atoms with E-state index in [0.29, 0.717) is 23.1 Å². The number of carbonyl (C=O) groups is 1. The lowest BCUT2D eigenvalue weighted by Crippen LogP contribution is -2.42. The highest BCUT2D eigenvalue weighted by Gasteiger charge is 2.27. The Morgan fingerprint density at radius 3 is 2.74 bits per heavy atom. The summed E-state index contributed by atoms with van der Waals surface area (Å²) in [5.41, 5.74) is 0.682. The zero-order chi connectivity index (χ0) is 14.0. The van der Waals surface area contributed by atoms with Gasteiger partial charge in [-0.25, -0.2) is 0 Å². The highest BCUT2D eigenvalue weighted by Crippen LogP contribution is 2.27. The lowest BCUT2D eigenvalue weighted by atomic mass is 9.88. The van der Waals surface area contributed by atoms with E-state index in [1.54, 1.807) is 13.2 Å². The first-order valence-electron chi connectivity index (χ1n) is 6.65.